The Labute approximate surface area is 189 Å². The first-order valence-electron chi connectivity index (χ1n) is 10.2. The van der Waals surface area contributed by atoms with Crippen molar-refractivity contribution >= 4 is 23.3 Å². The Morgan fingerprint density at radius 2 is 1.88 bits per heavy atom. The van der Waals surface area contributed by atoms with Gasteiger partial charge in [0.2, 0.25) is 0 Å². The van der Waals surface area contributed by atoms with Crippen LogP contribution in [0.25, 0.3) is 5.76 Å². The lowest BCUT2D eigenvalue weighted by atomic mass is 9.95. The summed E-state index contributed by atoms with van der Waals surface area (Å²) >= 11 is 0. The van der Waals surface area contributed by atoms with E-state index in [2.05, 4.69) is 5.16 Å². The van der Waals surface area contributed by atoms with Crippen LogP contribution in [0.3, 0.4) is 0 Å². The fraction of sp³-hybridized carbons (Fsp3) is 0.208. The molecular formula is C24H22N2O7. The highest BCUT2D eigenvalue weighted by Crippen LogP contribution is 2.43. The molecule has 1 saturated heterocycles. The molecule has 33 heavy (non-hydrogen) atoms. The van der Waals surface area contributed by atoms with Crippen molar-refractivity contribution in [3.05, 3.63) is 71.0 Å². The number of phenolic OH excluding ortho intramolecular Hbond substituents is 1. The number of hydrogen-bond acceptors (Lipinski definition) is 8. The molecule has 9 nitrogen and oxygen atoms in total. The molecular weight excluding hydrogens is 428 g/mol. The molecule has 4 rings (SSSR count). The lowest BCUT2D eigenvalue weighted by Gasteiger charge is -2.23. The van der Waals surface area contributed by atoms with Crippen LogP contribution in [0.4, 0.5) is 5.82 Å². The van der Waals surface area contributed by atoms with Crippen molar-refractivity contribution in [3.63, 3.8) is 0 Å². The van der Waals surface area contributed by atoms with E-state index in [4.69, 9.17) is 14.0 Å². The number of amides is 1. The summed E-state index contributed by atoms with van der Waals surface area (Å²) in [6.07, 6.45) is 0. The Morgan fingerprint density at radius 3 is 2.48 bits per heavy atom. The van der Waals surface area contributed by atoms with Gasteiger partial charge >= 0.3 is 5.91 Å². The predicted octanol–water partition coefficient (Wildman–Crippen LogP) is 3.72. The average molecular weight is 450 g/mol. The molecule has 0 spiro atoms. The average Bonchev–Trinajstić information content (AvgIpc) is 3.35. The minimum atomic E-state index is -1.03. The van der Waals surface area contributed by atoms with Crippen LogP contribution in [-0.4, -0.2) is 40.8 Å². The van der Waals surface area contributed by atoms with Crippen LogP contribution in [0, 0.1) is 6.92 Å². The number of carbonyl (C=O) groups excluding carboxylic acids is 2. The van der Waals surface area contributed by atoms with Gasteiger partial charge in [-0.3, -0.25) is 14.5 Å². The van der Waals surface area contributed by atoms with E-state index in [9.17, 15) is 19.8 Å². The number of aryl methyl sites for hydroxylation is 1. The van der Waals surface area contributed by atoms with Gasteiger partial charge in [-0.1, -0.05) is 11.2 Å². The Morgan fingerprint density at radius 1 is 1.15 bits per heavy atom. The van der Waals surface area contributed by atoms with Gasteiger partial charge in [0.25, 0.3) is 5.78 Å². The second-order valence-corrected chi connectivity index (χ2v) is 7.35. The summed E-state index contributed by atoms with van der Waals surface area (Å²) in [5.41, 5.74) is 0.643. The summed E-state index contributed by atoms with van der Waals surface area (Å²) in [7, 11) is 1.51. The monoisotopic (exact) mass is 450 g/mol. The van der Waals surface area contributed by atoms with E-state index in [0.29, 0.717) is 29.2 Å². The van der Waals surface area contributed by atoms with Crippen molar-refractivity contribution in [1.82, 2.24) is 5.16 Å². The first-order chi connectivity index (χ1) is 15.8. The maximum absolute atomic E-state index is 13.1. The number of benzene rings is 2. The van der Waals surface area contributed by atoms with E-state index < -0.39 is 17.7 Å². The fourth-order valence-electron chi connectivity index (χ4n) is 3.73. The minimum Gasteiger partial charge on any atom is -0.507 e. The Bertz CT molecular complexity index is 1240. The van der Waals surface area contributed by atoms with Gasteiger partial charge in [0.1, 0.15) is 17.3 Å². The van der Waals surface area contributed by atoms with Crippen molar-refractivity contribution in [2.24, 2.45) is 0 Å². The first kappa shape index (κ1) is 21.9. The summed E-state index contributed by atoms with van der Waals surface area (Å²) in [6, 6.07) is 11.4. The lowest BCUT2D eigenvalue weighted by molar-refractivity contribution is -0.132. The van der Waals surface area contributed by atoms with E-state index in [0.717, 1.165) is 4.90 Å². The quantitative estimate of drug-likeness (QED) is 0.331. The van der Waals surface area contributed by atoms with Crippen LogP contribution >= 0.6 is 0 Å². The summed E-state index contributed by atoms with van der Waals surface area (Å²) in [5, 5.41) is 25.1. The number of phenols is 1. The number of nitrogens with zero attached hydrogens (tertiary/aromatic N) is 2. The SMILES string of the molecule is CCOc1cc([C@H]2/C(=C(\O)c3ccc(OC)cc3)C(=O)C(=O)N2c2cc(C)on2)ccc1O. The van der Waals surface area contributed by atoms with Gasteiger partial charge in [0.15, 0.2) is 17.3 Å². The zero-order valence-corrected chi connectivity index (χ0v) is 18.2. The maximum Gasteiger partial charge on any atom is 0.301 e. The van der Waals surface area contributed by atoms with Crippen molar-refractivity contribution in [2.45, 2.75) is 19.9 Å². The second kappa shape index (κ2) is 8.70. The normalized spacial score (nSPS) is 17.4. The Balaban J connectivity index is 1.93. The molecule has 2 heterocycles. The number of methoxy groups -OCH3 is 1. The topological polar surface area (TPSA) is 122 Å². The minimum absolute atomic E-state index is 0.0926. The van der Waals surface area contributed by atoms with E-state index >= 15 is 0 Å². The highest BCUT2D eigenvalue weighted by atomic mass is 16.5. The van der Waals surface area contributed by atoms with Crippen molar-refractivity contribution < 1.29 is 33.8 Å². The molecule has 9 heteroatoms. The summed E-state index contributed by atoms with van der Waals surface area (Å²) < 4.78 is 15.7. The smallest absolute Gasteiger partial charge is 0.301 e. The van der Waals surface area contributed by atoms with Gasteiger partial charge in [-0.05, 0) is 55.8 Å². The van der Waals surface area contributed by atoms with Gasteiger partial charge in [-0.15, -0.1) is 0 Å². The third-order valence-electron chi connectivity index (χ3n) is 5.27. The molecule has 1 aliphatic rings. The number of ketones is 1. The first-order valence-corrected chi connectivity index (χ1v) is 10.2. The van der Waals surface area contributed by atoms with E-state index in [-0.39, 0.29) is 28.6 Å². The van der Waals surface area contributed by atoms with Gasteiger partial charge in [0, 0.05) is 11.6 Å². The highest BCUT2D eigenvalue weighted by molar-refractivity contribution is 6.51. The second-order valence-electron chi connectivity index (χ2n) is 7.35. The standard InChI is InChI=1S/C24H22N2O7/c1-4-32-18-12-15(7-10-17(18)27)21-20(22(28)14-5-8-16(31-3)9-6-14)23(29)24(30)26(21)19-11-13(2)33-25-19/h5-12,21,27-28H,4H2,1-3H3/b22-20+/t21-/m0/s1. The molecule has 1 aliphatic heterocycles. The Kier molecular flexibility index (Phi) is 5.78. The summed E-state index contributed by atoms with van der Waals surface area (Å²) in [4.78, 5) is 27.4. The number of hydrogen-bond donors (Lipinski definition) is 2. The van der Waals surface area contributed by atoms with Crippen molar-refractivity contribution in [2.75, 3.05) is 18.6 Å². The van der Waals surface area contributed by atoms with Crippen molar-refractivity contribution in [1.29, 1.82) is 0 Å². The number of ether oxygens (including phenoxy) is 2. The molecule has 0 unspecified atom stereocenters. The number of carbonyl (C=O) groups is 2. The molecule has 0 radical (unpaired) electrons. The third-order valence-corrected chi connectivity index (χ3v) is 5.27. The molecule has 1 aromatic heterocycles. The van der Waals surface area contributed by atoms with Crippen LogP contribution in [-0.2, 0) is 9.59 Å². The summed E-state index contributed by atoms with van der Waals surface area (Å²) in [5.74, 6) is -0.863. The Hall–Kier alpha value is -4.27. The van der Waals surface area contributed by atoms with Crippen LogP contribution in [0.1, 0.15) is 29.9 Å². The number of anilines is 1. The van der Waals surface area contributed by atoms with Crippen molar-refractivity contribution in [3.8, 4) is 17.2 Å². The molecule has 1 fully saturated rings. The van der Waals surface area contributed by atoms with Gasteiger partial charge < -0.3 is 24.2 Å². The molecule has 1 amide bonds. The molecule has 0 aliphatic carbocycles. The van der Waals surface area contributed by atoms with Crippen LogP contribution in [0.5, 0.6) is 17.2 Å². The lowest BCUT2D eigenvalue weighted by Crippen LogP contribution is -2.29. The van der Waals surface area contributed by atoms with E-state index in [1.54, 1.807) is 44.2 Å². The molecule has 1 atom stereocenters. The third kappa shape index (κ3) is 3.89. The zero-order chi connectivity index (χ0) is 23.7. The molecule has 170 valence electrons. The van der Waals surface area contributed by atoms with Gasteiger partial charge in [-0.25, -0.2) is 0 Å². The van der Waals surface area contributed by atoms with E-state index in [1.165, 1.54) is 25.3 Å². The number of rotatable bonds is 6. The number of Topliss-reactive ketones (excluding diaryl/α,β-unsaturated/α-hetero) is 1. The predicted molar refractivity (Wildman–Crippen MR) is 118 cm³/mol. The molecule has 2 N–H and O–H groups in total. The van der Waals surface area contributed by atoms with Crippen LogP contribution < -0.4 is 14.4 Å². The number of aliphatic hydroxyl groups is 1. The summed E-state index contributed by atoms with van der Waals surface area (Å²) in [6.45, 7) is 3.72. The van der Waals surface area contributed by atoms with E-state index in [1.807, 2.05) is 0 Å². The highest BCUT2D eigenvalue weighted by Gasteiger charge is 2.48. The largest absolute Gasteiger partial charge is 0.507 e. The maximum atomic E-state index is 13.1. The molecule has 3 aromatic rings. The number of aromatic hydroxyl groups is 1. The van der Waals surface area contributed by atoms with Crippen LogP contribution in [0.15, 0.2) is 58.6 Å². The zero-order valence-electron chi connectivity index (χ0n) is 18.2. The molecule has 2 aromatic carbocycles. The molecule has 0 bridgehead atoms. The van der Waals surface area contributed by atoms with Gasteiger partial charge in [0.05, 0.1) is 25.3 Å². The number of aromatic nitrogens is 1. The van der Waals surface area contributed by atoms with Gasteiger partial charge in [-0.2, -0.15) is 0 Å². The van der Waals surface area contributed by atoms with Crippen LogP contribution in [0.2, 0.25) is 0 Å². The number of aliphatic hydroxyl groups excluding tert-OH is 1. The molecule has 0 saturated carbocycles. The fourth-order valence-corrected chi connectivity index (χ4v) is 3.73.